The van der Waals surface area contributed by atoms with Crippen molar-refractivity contribution in [3.8, 4) is 0 Å². The zero-order valence-electron chi connectivity index (χ0n) is 20.6. The van der Waals surface area contributed by atoms with Gasteiger partial charge in [0.05, 0.1) is 11.8 Å². The molecule has 187 valence electrons. The molecule has 10 heteroatoms. The lowest BCUT2D eigenvalue weighted by Gasteiger charge is -2.47. The van der Waals surface area contributed by atoms with Gasteiger partial charge in [0, 0.05) is 68.5 Å². The summed E-state index contributed by atoms with van der Waals surface area (Å²) in [6.45, 7) is 2.48. The molecule has 2 amide bonds. The fourth-order valence-corrected chi connectivity index (χ4v) is 7.01. The molecular formula is C25H35N8O2. The van der Waals surface area contributed by atoms with E-state index in [2.05, 4.69) is 32.3 Å². The number of amides is 2. The van der Waals surface area contributed by atoms with Gasteiger partial charge in [0.25, 0.3) is 0 Å². The SMILES string of the molecule is CN(C)C(=O)N1[C]=NC=C(C2=NCC(=O)C(C34CCC(CNC3)NC4)=N2)C1C12CCCC(CC1)N2. The normalized spacial score (nSPS) is 38.6. The summed E-state index contributed by atoms with van der Waals surface area (Å²) in [4.78, 5) is 43.6. The standard InChI is InChI=1S/C25H35N8O2/c1-32(2)23(35)33-15-27-11-18(21(33)25-7-3-4-16(31-25)6-9-25)22-28-12-19(34)20(30-22)24-8-5-17(29-14-24)10-26-13-24/h11,16-17,21,26,29,31H,3-10,12-14H2,1-2H3. The molecule has 7 aliphatic rings. The van der Waals surface area contributed by atoms with Crippen molar-refractivity contribution in [1.82, 2.24) is 25.8 Å². The average molecular weight is 480 g/mol. The number of rotatable bonds is 3. The fraction of sp³-hybridized carbons (Fsp3) is 0.720. The second-order valence-electron chi connectivity index (χ2n) is 11.2. The Balaban J connectivity index is 1.40. The van der Waals surface area contributed by atoms with Gasteiger partial charge in [-0.15, -0.1) is 0 Å². The molecule has 5 saturated heterocycles. The number of hydrogen-bond donors (Lipinski definition) is 3. The molecule has 0 aromatic carbocycles. The molecule has 0 aliphatic carbocycles. The van der Waals surface area contributed by atoms with E-state index < -0.39 is 0 Å². The minimum Gasteiger partial charge on any atom is -0.330 e. The molecule has 0 aromatic rings. The van der Waals surface area contributed by atoms with Crippen molar-refractivity contribution >= 4 is 29.7 Å². The fourth-order valence-electron chi connectivity index (χ4n) is 7.01. The Labute approximate surface area is 206 Å². The van der Waals surface area contributed by atoms with Crippen molar-refractivity contribution in [2.45, 2.75) is 68.6 Å². The molecule has 7 heterocycles. The van der Waals surface area contributed by atoms with E-state index >= 15 is 0 Å². The van der Waals surface area contributed by atoms with Gasteiger partial charge in [0.15, 0.2) is 18.0 Å². The second kappa shape index (κ2) is 8.60. The number of piperidine rings is 2. The van der Waals surface area contributed by atoms with Gasteiger partial charge in [-0.2, -0.15) is 0 Å². The molecule has 5 fully saturated rings. The number of urea groups is 1. The van der Waals surface area contributed by atoms with E-state index in [1.54, 1.807) is 30.1 Å². The molecule has 5 atom stereocenters. The molecule has 3 N–H and O–H groups in total. The summed E-state index contributed by atoms with van der Waals surface area (Å²) in [5.74, 6) is 0.536. The van der Waals surface area contributed by atoms with Gasteiger partial charge in [0.2, 0.25) is 0 Å². The van der Waals surface area contributed by atoms with Gasteiger partial charge in [-0.25, -0.2) is 14.8 Å². The van der Waals surface area contributed by atoms with Crippen LogP contribution in [0.15, 0.2) is 26.8 Å². The highest BCUT2D eigenvalue weighted by atomic mass is 16.2. The molecule has 0 spiro atoms. The molecule has 0 saturated carbocycles. The van der Waals surface area contributed by atoms with Crippen LogP contribution >= 0.6 is 0 Å². The Morgan fingerprint density at radius 2 is 2.03 bits per heavy atom. The largest absolute Gasteiger partial charge is 0.330 e. The van der Waals surface area contributed by atoms with Crippen LogP contribution in [0.2, 0.25) is 0 Å². The van der Waals surface area contributed by atoms with E-state index in [1.165, 1.54) is 0 Å². The Hall–Kier alpha value is -2.43. The first-order valence-corrected chi connectivity index (χ1v) is 13.0. The number of hydrogen-bond acceptors (Lipinski definition) is 8. The number of nitrogens with zero attached hydrogens (tertiary/aromatic N) is 5. The third-order valence-electron chi connectivity index (χ3n) is 8.81. The highest BCUT2D eigenvalue weighted by Crippen LogP contribution is 2.43. The van der Waals surface area contributed by atoms with Crippen molar-refractivity contribution < 1.29 is 9.59 Å². The first-order chi connectivity index (χ1) is 16.9. The van der Waals surface area contributed by atoms with Gasteiger partial charge in [-0.1, -0.05) is 0 Å². The summed E-state index contributed by atoms with van der Waals surface area (Å²) >= 11 is 0. The summed E-state index contributed by atoms with van der Waals surface area (Å²) in [5.41, 5.74) is 0.818. The van der Waals surface area contributed by atoms with E-state index in [0.717, 1.165) is 70.2 Å². The predicted molar refractivity (Wildman–Crippen MR) is 134 cm³/mol. The monoisotopic (exact) mass is 479 g/mol. The number of nitrogens with one attached hydrogen (secondary N) is 3. The van der Waals surface area contributed by atoms with Crippen LogP contribution in [-0.4, -0.2) is 103 Å². The van der Waals surface area contributed by atoms with Crippen LogP contribution in [0.3, 0.4) is 0 Å². The van der Waals surface area contributed by atoms with Crippen LogP contribution in [0.25, 0.3) is 0 Å². The summed E-state index contributed by atoms with van der Waals surface area (Å²) < 4.78 is 0. The van der Waals surface area contributed by atoms with Crippen LogP contribution in [0.4, 0.5) is 4.79 Å². The summed E-state index contributed by atoms with van der Waals surface area (Å²) in [6.07, 6.45) is 12.0. The number of carbonyl (C=O) groups excluding carboxylic acids is 2. The Kier molecular flexibility index (Phi) is 5.65. The van der Waals surface area contributed by atoms with Crippen LogP contribution in [-0.2, 0) is 4.79 Å². The third kappa shape index (κ3) is 3.77. The first kappa shape index (κ1) is 23.0. The lowest BCUT2D eigenvalue weighted by Crippen LogP contribution is -2.64. The zero-order valence-corrected chi connectivity index (χ0v) is 20.6. The molecule has 5 unspecified atom stereocenters. The second-order valence-corrected chi connectivity index (χ2v) is 11.2. The Bertz CT molecular complexity index is 1030. The smallest absolute Gasteiger partial charge is 0.325 e. The molecule has 0 aromatic heterocycles. The van der Waals surface area contributed by atoms with Crippen molar-refractivity contribution in [3.05, 3.63) is 11.8 Å². The first-order valence-electron chi connectivity index (χ1n) is 13.0. The van der Waals surface area contributed by atoms with Crippen LogP contribution in [0, 0.1) is 5.41 Å². The molecule has 1 radical (unpaired) electrons. The van der Waals surface area contributed by atoms with Gasteiger partial charge < -0.3 is 20.9 Å². The maximum Gasteiger partial charge on any atom is 0.325 e. The molecular weight excluding hydrogens is 444 g/mol. The van der Waals surface area contributed by atoms with E-state index in [-0.39, 0.29) is 35.4 Å². The highest BCUT2D eigenvalue weighted by molar-refractivity contribution is 6.46. The van der Waals surface area contributed by atoms with Crippen molar-refractivity contribution in [2.75, 3.05) is 40.3 Å². The summed E-state index contributed by atoms with van der Waals surface area (Å²) in [7, 11) is 3.49. The number of fused-ring (bicyclic) bond motifs is 6. The average Bonchev–Trinajstić information content (AvgIpc) is 3.04. The predicted octanol–water partition coefficient (Wildman–Crippen LogP) is 0.580. The van der Waals surface area contributed by atoms with Crippen molar-refractivity contribution in [3.63, 3.8) is 0 Å². The number of carbonyl (C=O) groups is 2. The highest BCUT2D eigenvalue weighted by Gasteiger charge is 2.54. The van der Waals surface area contributed by atoms with Crippen LogP contribution in [0.1, 0.15) is 44.9 Å². The Morgan fingerprint density at radius 3 is 2.83 bits per heavy atom. The summed E-state index contributed by atoms with van der Waals surface area (Å²) in [6, 6.07) is 0.424. The van der Waals surface area contributed by atoms with Crippen LogP contribution in [0.5, 0.6) is 0 Å². The number of aliphatic imine (C=N–C) groups is 3. The van der Waals surface area contributed by atoms with E-state index in [4.69, 9.17) is 4.99 Å². The number of ketones is 1. The summed E-state index contributed by atoms with van der Waals surface area (Å²) in [5, 5.41) is 11.0. The molecule has 35 heavy (non-hydrogen) atoms. The molecule has 7 rings (SSSR count). The lowest BCUT2D eigenvalue weighted by molar-refractivity contribution is -0.112. The zero-order chi connectivity index (χ0) is 24.2. The van der Waals surface area contributed by atoms with Gasteiger partial charge in [-0.05, 0) is 44.9 Å². The third-order valence-corrected chi connectivity index (χ3v) is 8.81. The van der Waals surface area contributed by atoms with E-state index in [9.17, 15) is 9.59 Å². The lowest BCUT2D eigenvalue weighted by atomic mass is 9.73. The van der Waals surface area contributed by atoms with Crippen molar-refractivity contribution in [1.29, 1.82) is 0 Å². The van der Waals surface area contributed by atoms with Gasteiger partial charge >= 0.3 is 6.03 Å². The van der Waals surface area contributed by atoms with Crippen LogP contribution < -0.4 is 16.0 Å². The maximum absolute atomic E-state index is 13.3. The minimum atomic E-state index is -0.329. The molecule has 4 bridgehead atoms. The van der Waals surface area contributed by atoms with E-state index in [1.807, 2.05) is 0 Å². The quantitative estimate of drug-likeness (QED) is 0.548. The van der Waals surface area contributed by atoms with Gasteiger partial charge in [-0.3, -0.25) is 14.7 Å². The van der Waals surface area contributed by atoms with E-state index in [0.29, 0.717) is 23.6 Å². The topological polar surface area (TPSA) is 114 Å². The molecule has 7 aliphatic heterocycles. The number of Topliss-reactive ketones (excluding diaryl/α,β-unsaturated/α-hetero) is 1. The molecule has 10 nitrogen and oxygen atoms in total. The maximum atomic E-state index is 13.3. The van der Waals surface area contributed by atoms with Gasteiger partial charge in [0.1, 0.15) is 6.54 Å². The number of amidine groups is 1. The Morgan fingerprint density at radius 1 is 1.17 bits per heavy atom. The minimum absolute atomic E-state index is 0.00293. The van der Waals surface area contributed by atoms with Crippen molar-refractivity contribution in [2.24, 2.45) is 20.4 Å².